The summed E-state index contributed by atoms with van der Waals surface area (Å²) >= 11 is 5.51. The van der Waals surface area contributed by atoms with Gasteiger partial charge in [0.05, 0.1) is 10.7 Å². The van der Waals surface area contributed by atoms with Crippen LogP contribution in [0.3, 0.4) is 0 Å². The maximum atomic E-state index is 13.7. The molecule has 0 radical (unpaired) electrons. The molecule has 0 fully saturated rings. The van der Waals surface area contributed by atoms with Crippen LogP contribution in [-0.2, 0) is 16.6 Å². The van der Waals surface area contributed by atoms with Gasteiger partial charge in [-0.3, -0.25) is 4.72 Å². The van der Waals surface area contributed by atoms with Gasteiger partial charge in [0.1, 0.15) is 16.5 Å². The van der Waals surface area contributed by atoms with Gasteiger partial charge in [-0.15, -0.1) is 0 Å². The van der Waals surface area contributed by atoms with E-state index in [0.29, 0.717) is 5.56 Å². The van der Waals surface area contributed by atoms with Crippen molar-refractivity contribution in [1.29, 1.82) is 0 Å². The third kappa shape index (κ3) is 3.49. The number of hydrogen-bond acceptors (Lipinski definition) is 3. The number of sulfonamides is 1. The topological polar surface area (TPSA) is 72.2 Å². The van der Waals surface area contributed by atoms with E-state index in [2.05, 4.69) is 4.72 Å². The van der Waals surface area contributed by atoms with Crippen LogP contribution in [0.15, 0.2) is 41.3 Å². The summed E-state index contributed by atoms with van der Waals surface area (Å²) in [4.78, 5) is -0.555. The monoisotopic (exact) mass is 332 g/mol. The van der Waals surface area contributed by atoms with E-state index < -0.39 is 26.6 Å². The van der Waals surface area contributed by atoms with Crippen LogP contribution < -0.4 is 10.5 Å². The fourth-order valence-electron chi connectivity index (χ4n) is 1.65. The van der Waals surface area contributed by atoms with Gasteiger partial charge < -0.3 is 5.73 Å². The van der Waals surface area contributed by atoms with Gasteiger partial charge in [0.2, 0.25) is 0 Å². The molecule has 0 amide bonds. The molecular formula is C13H11ClF2N2O2S. The van der Waals surface area contributed by atoms with E-state index in [1.807, 2.05) is 0 Å². The van der Waals surface area contributed by atoms with Gasteiger partial charge in [-0.25, -0.2) is 17.2 Å². The minimum absolute atomic E-state index is 0.0607. The van der Waals surface area contributed by atoms with Crippen LogP contribution >= 0.6 is 11.6 Å². The van der Waals surface area contributed by atoms with E-state index >= 15 is 0 Å². The maximum Gasteiger partial charge on any atom is 0.264 e. The molecule has 0 heterocycles. The summed E-state index contributed by atoms with van der Waals surface area (Å²) in [6, 6.07) is 6.90. The van der Waals surface area contributed by atoms with Gasteiger partial charge in [-0.2, -0.15) is 0 Å². The van der Waals surface area contributed by atoms with Gasteiger partial charge in [-0.05, 0) is 35.9 Å². The second-order valence-electron chi connectivity index (χ2n) is 4.20. The predicted octanol–water partition coefficient (Wildman–Crippen LogP) is 2.88. The molecule has 21 heavy (non-hydrogen) atoms. The molecule has 4 nitrogen and oxygen atoms in total. The Morgan fingerprint density at radius 3 is 2.43 bits per heavy atom. The smallest absolute Gasteiger partial charge is 0.264 e. The van der Waals surface area contributed by atoms with Crippen molar-refractivity contribution in [3.63, 3.8) is 0 Å². The fourth-order valence-corrected chi connectivity index (χ4v) is 2.95. The highest BCUT2D eigenvalue weighted by Crippen LogP contribution is 2.23. The van der Waals surface area contributed by atoms with E-state index in [1.165, 1.54) is 18.2 Å². The molecule has 112 valence electrons. The lowest BCUT2D eigenvalue weighted by Crippen LogP contribution is -2.15. The summed E-state index contributed by atoms with van der Waals surface area (Å²) in [6.07, 6.45) is 0. The lowest BCUT2D eigenvalue weighted by molar-refractivity contribution is 0.569. The standard InChI is InChI=1S/C13H11ClF2N2O2S/c14-10-3-2-9(6-12(10)16)18-21(19,20)13-5-8(7-17)1-4-11(13)15/h1-6,18H,7,17H2. The molecule has 0 aliphatic heterocycles. The quantitative estimate of drug-likeness (QED) is 0.904. The molecule has 0 spiro atoms. The second-order valence-corrected chi connectivity index (χ2v) is 6.26. The van der Waals surface area contributed by atoms with Crippen molar-refractivity contribution in [2.24, 2.45) is 5.73 Å². The van der Waals surface area contributed by atoms with E-state index in [4.69, 9.17) is 17.3 Å². The Labute approximate surface area is 125 Å². The van der Waals surface area contributed by atoms with Crippen molar-refractivity contribution < 1.29 is 17.2 Å². The lowest BCUT2D eigenvalue weighted by Gasteiger charge is -2.10. The molecule has 0 unspecified atom stereocenters. The Kier molecular flexibility index (Phi) is 4.46. The average Bonchev–Trinajstić information content (AvgIpc) is 2.43. The Hall–Kier alpha value is -1.70. The molecule has 2 rings (SSSR count). The van der Waals surface area contributed by atoms with Crippen LogP contribution in [-0.4, -0.2) is 8.42 Å². The Morgan fingerprint density at radius 2 is 1.81 bits per heavy atom. The average molecular weight is 333 g/mol. The first kappa shape index (κ1) is 15.7. The van der Waals surface area contributed by atoms with Crippen molar-refractivity contribution in [3.8, 4) is 0 Å². The Balaban J connectivity index is 2.40. The van der Waals surface area contributed by atoms with Crippen molar-refractivity contribution in [1.82, 2.24) is 0 Å². The largest absolute Gasteiger partial charge is 0.326 e. The summed E-state index contributed by atoms with van der Waals surface area (Å²) in [5.41, 5.74) is 5.80. The molecule has 0 aliphatic rings. The summed E-state index contributed by atoms with van der Waals surface area (Å²) in [7, 11) is -4.20. The van der Waals surface area contributed by atoms with E-state index in [-0.39, 0.29) is 17.3 Å². The first-order chi connectivity index (χ1) is 9.83. The van der Waals surface area contributed by atoms with Gasteiger partial charge in [0, 0.05) is 6.54 Å². The van der Waals surface area contributed by atoms with Crippen LogP contribution in [0, 0.1) is 11.6 Å². The first-order valence-corrected chi connectivity index (χ1v) is 7.66. The van der Waals surface area contributed by atoms with Crippen molar-refractivity contribution in [3.05, 3.63) is 58.6 Å². The molecule has 0 aliphatic carbocycles. The first-order valence-electron chi connectivity index (χ1n) is 5.80. The van der Waals surface area contributed by atoms with Crippen LogP contribution in [0.1, 0.15) is 5.56 Å². The number of halogens is 3. The Bertz CT molecular complexity index is 782. The number of benzene rings is 2. The summed E-state index contributed by atoms with van der Waals surface area (Å²) < 4.78 is 53.4. The zero-order valence-corrected chi connectivity index (χ0v) is 12.2. The zero-order valence-electron chi connectivity index (χ0n) is 10.6. The molecule has 2 aromatic rings. The molecule has 0 bridgehead atoms. The summed E-state index contributed by atoms with van der Waals surface area (Å²) in [5, 5.41) is -0.144. The minimum Gasteiger partial charge on any atom is -0.326 e. The van der Waals surface area contributed by atoms with Gasteiger partial charge in [0.25, 0.3) is 10.0 Å². The Morgan fingerprint density at radius 1 is 1.10 bits per heavy atom. The molecule has 0 saturated carbocycles. The second kappa shape index (κ2) is 5.97. The van der Waals surface area contributed by atoms with Crippen molar-refractivity contribution in [2.45, 2.75) is 11.4 Å². The minimum atomic E-state index is -4.20. The van der Waals surface area contributed by atoms with E-state index in [1.54, 1.807) is 0 Å². The lowest BCUT2D eigenvalue weighted by atomic mass is 10.2. The number of nitrogens with two attached hydrogens (primary N) is 1. The number of hydrogen-bond donors (Lipinski definition) is 2. The summed E-state index contributed by atoms with van der Waals surface area (Å²) in [5.74, 6) is -1.71. The molecule has 2 aromatic carbocycles. The van der Waals surface area contributed by atoms with Gasteiger partial charge >= 0.3 is 0 Å². The number of nitrogens with one attached hydrogen (secondary N) is 1. The van der Waals surface area contributed by atoms with Crippen molar-refractivity contribution >= 4 is 27.3 Å². The normalized spacial score (nSPS) is 11.4. The van der Waals surface area contributed by atoms with E-state index in [0.717, 1.165) is 18.2 Å². The van der Waals surface area contributed by atoms with Gasteiger partial charge in [-0.1, -0.05) is 17.7 Å². The van der Waals surface area contributed by atoms with Crippen LogP contribution in [0.25, 0.3) is 0 Å². The molecular weight excluding hydrogens is 322 g/mol. The molecule has 8 heteroatoms. The van der Waals surface area contributed by atoms with Crippen LogP contribution in [0.2, 0.25) is 5.02 Å². The SMILES string of the molecule is NCc1ccc(F)c(S(=O)(=O)Nc2ccc(Cl)c(F)c2)c1. The number of rotatable bonds is 4. The fraction of sp³-hybridized carbons (Fsp3) is 0.0769. The predicted molar refractivity (Wildman–Crippen MR) is 76.5 cm³/mol. The highest BCUT2D eigenvalue weighted by molar-refractivity contribution is 7.92. The molecule has 0 saturated heterocycles. The van der Waals surface area contributed by atoms with Crippen LogP contribution in [0.4, 0.5) is 14.5 Å². The highest BCUT2D eigenvalue weighted by Gasteiger charge is 2.20. The molecule has 0 atom stereocenters. The third-order valence-corrected chi connectivity index (χ3v) is 4.40. The summed E-state index contributed by atoms with van der Waals surface area (Å²) in [6.45, 7) is 0.0678. The maximum absolute atomic E-state index is 13.7. The molecule has 0 aromatic heterocycles. The van der Waals surface area contributed by atoms with Crippen LogP contribution in [0.5, 0.6) is 0 Å². The number of anilines is 1. The highest BCUT2D eigenvalue weighted by atomic mass is 35.5. The van der Waals surface area contributed by atoms with Gasteiger partial charge in [0.15, 0.2) is 0 Å². The third-order valence-electron chi connectivity index (χ3n) is 2.69. The molecule has 3 N–H and O–H groups in total. The van der Waals surface area contributed by atoms with Crippen molar-refractivity contribution in [2.75, 3.05) is 4.72 Å². The van der Waals surface area contributed by atoms with E-state index in [9.17, 15) is 17.2 Å². The zero-order chi connectivity index (χ0) is 15.6.